The van der Waals surface area contributed by atoms with Crippen LogP contribution in [0.5, 0.6) is 0 Å². The van der Waals surface area contributed by atoms with Gasteiger partial charge < -0.3 is 9.80 Å². The summed E-state index contributed by atoms with van der Waals surface area (Å²) in [4.78, 5) is 25.9. The van der Waals surface area contributed by atoms with Gasteiger partial charge in [0.2, 0.25) is 0 Å². The molecular formula is C10H18N2O2. The number of nitrogens with zero attached hydrogens (tertiary/aromatic N) is 2. The van der Waals surface area contributed by atoms with E-state index >= 15 is 0 Å². The summed E-state index contributed by atoms with van der Waals surface area (Å²) in [5.74, 6) is 0.326. The predicted octanol–water partition coefficient (Wildman–Crippen LogP) is 1.11. The van der Waals surface area contributed by atoms with Gasteiger partial charge in [0.15, 0.2) is 0 Å². The summed E-state index contributed by atoms with van der Waals surface area (Å²) in [5, 5.41) is 0. The Morgan fingerprint density at radius 3 is 2.14 bits per heavy atom. The average molecular weight is 198 g/mol. The van der Waals surface area contributed by atoms with Gasteiger partial charge in [-0.05, 0) is 12.8 Å². The van der Waals surface area contributed by atoms with Crippen LogP contribution in [0.25, 0.3) is 0 Å². The Labute approximate surface area is 84.9 Å². The Kier molecular flexibility index (Phi) is 3.49. The Balaban J connectivity index is 2.49. The van der Waals surface area contributed by atoms with E-state index in [2.05, 4.69) is 0 Å². The number of ketones is 1. The van der Waals surface area contributed by atoms with Gasteiger partial charge in [0, 0.05) is 40.0 Å². The number of hydrogen-bond donors (Lipinski definition) is 0. The SMILES string of the molecule is CN(C)C(=O)N(C)C1CCC(=O)CC1. The van der Waals surface area contributed by atoms with Crippen LogP contribution in [0.4, 0.5) is 4.79 Å². The van der Waals surface area contributed by atoms with Crippen LogP contribution in [0.3, 0.4) is 0 Å². The Hall–Kier alpha value is -1.06. The lowest BCUT2D eigenvalue weighted by molar-refractivity contribution is -0.121. The molecule has 4 heteroatoms. The third-order valence-electron chi connectivity index (χ3n) is 2.74. The zero-order chi connectivity index (χ0) is 10.7. The van der Waals surface area contributed by atoms with E-state index in [0.29, 0.717) is 18.6 Å². The van der Waals surface area contributed by atoms with Crippen molar-refractivity contribution < 1.29 is 9.59 Å². The normalized spacial score (nSPS) is 18.1. The molecule has 4 nitrogen and oxygen atoms in total. The van der Waals surface area contributed by atoms with Crippen molar-refractivity contribution in [2.45, 2.75) is 31.7 Å². The van der Waals surface area contributed by atoms with Gasteiger partial charge in [-0.3, -0.25) is 4.79 Å². The lowest BCUT2D eigenvalue weighted by atomic mass is 9.93. The molecule has 0 aliphatic heterocycles. The van der Waals surface area contributed by atoms with E-state index in [1.165, 1.54) is 0 Å². The van der Waals surface area contributed by atoms with Crippen molar-refractivity contribution in [3.8, 4) is 0 Å². The molecule has 0 aromatic rings. The van der Waals surface area contributed by atoms with Crippen molar-refractivity contribution >= 4 is 11.8 Å². The van der Waals surface area contributed by atoms with Crippen LogP contribution >= 0.6 is 0 Å². The first-order valence-electron chi connectivity index (χ1n) is 4.98. The maximum Gasteiger partial charge on any atom is 0.319 e. The van der Waals surface area contributed by atoms with E-state index in [-0.39, 0.29) is 12.1 Å². The minimum atomic E-state index is 0.0179. The monoisotopic (exact) mass is 198 g/mol. The molecule has 0 unspecified atom stereocenters. The van der Waals surface area contributed by atoms with Crippen molar-refractivity contribution in [1.29, 1.82) is 0 Å². The molecule has 1 rings (SSSR count). The molecule has 0 saturated heterocycles. The first-order valence-corrected chi connectivity index (χ1v) is 4.98. The Bertz CT molecular complexity index is 228. The highest BCUT2D eigenvalue weighted by Gasteiger charge is 2.25. The quantitative estimate of drug-likeness (QED) is 0.633. The molecular weight excluding hydrogens is 180 g/mol. The molecule has 0 N–H and O–H groups in total. The molecule has 0 spiro atoms. The largest absolute Gasteiger partial charge is 0.331 e. The van der Waals surface area contributed by atoms with Gasteiger partial charge in [-0.15, -0.1) is 0 Å². The molecule has 0 atom stereocenters. The zero-order valence-corrected chi connectivity index (χ0v) is 9.12. The van der Waals surface area contributed by atoms with E-state index in [1.807, 2.05) is 7.05 Å². The number of hydrogen-bond acceptors (Lipinski definition) is 2. The van der Waals surface area contributed by atoms with Crippen molar-refractivity contribution in [2.75, 3.05) is 21.1 Å². The standard InChI is InChI=1S/C10H18N2O2/c1-11(2)10(14)12(3)8-4-6-9(13)7-5-8/h8H,4-7H2,1-3H3. The van der Waals surface area contributed by atoms with E-state index < -0.39 is 0 Å². The Morgan fingerprint density at radius 1 is 1.21 bits per heavy atom. The third-order valence-corrected chi connectivity index (χ3v) is 2.74. The number of carbonyl (C=O) groups is 2. The summed E-state index contributed by atoms with van der Waals surface area (Å²) >= 11 is 0. The second-order valence-corrected chi connectivity index (χ2v) is 4.06. The van der Waals surface area contributed by atoms with Crippen LogP contribution in [-0.4, -0.2) is 48.8 Å². The van der Waals surface area contributed by atoms with Gasteiger partial charge in [-0.25, -0.2) is 4.79 Å². The Morgan fingerprint density at radius 2 is 1.71 bits per heavy atom. The smallest absolute Gasteiger partial charge is 0.319 e. The summed E-state index contributed by atoms with van der Waals surface area (Å²) < 4.78 is 0. The number of rotatable bonds is 1. The maximum atomic E-state index is 11.6. The lowest BCUT2D eigenvalue weighted by Crippen LogP contribution is -2.44. The van der Waals surface area contributed by atoms with E-state index in [0.717, 1.165) is 12.8 Å². The number of carbonyl (C=O) groups excluding carboxylic acids is 2. The molecule has 0 bridgehead atoms. The van der Waals surface area contributed by atoms with E-state index in [9.17, 15) is 9.59 Å². The van der Waals surface area contributed by atoms with Gasteiger partial charge in [-0.1, -0.05) is 0 Å². The second kappa shape index (κ2) is 4.44. The predicted molar refractivity (Wildman–Crippen MR) is 54.1 cm³/mol. The fourth-order valence-corrected chi connectivity index (χ4v) is 1.78. The molecule has 0 aromatic carbocycles. The fraction of sp³-hybridized carbons (Fsp3) is 0.800. The van der Waals surface area contributed by atoms with Gasteiger partial charge in [0.05, 0.1) is 0 Å². The molecule has 80 valence electrons. The second-order valence-electron chi connectivity index (χ2n) is 4.06. The van der Waals surface area contributed by atoms with E-state index in [1.54, 1.807) is 23.9 Å². The van der Waals surface area contributed by atoms with Crippen molar-refractivity contribution in [3.05, 3.63) is 0 Å². The molecule has 1 aliphatic carbocycles. The van der Waals surface area contributed by atoms with Crippen LogP contribution in [0.1, 0.15) is 25.7 Å². The van der Waals surface area contributed by atoms with Gasteiger partial charge in [0.25, 0.3) is 0 Å². The number of urea groups is 1. The minimum Gasteiger partial charge on any atom is -0.331 e. The average Bonchev–Trinajstić information content (AvgIpc) is 2.16. The molecule has 1 saturated carbocycles. The van der Waals surface area contributed by atoms with E-state index in [4.69, 9.17) is 0 Å². The number of amides is 2. The summed E-state index contributed by atoms with van der Waals surface area (Å²) in [6.45, 7) is 0. The van der Waals surface area contributed by atoms with Gasteiger partial charge in [-0.2, -0.15) is 0 Å². The summed E-state index contributed by atoms with van der Waals surface area (Å²) in [6, 6.07) is 0.256. The minimum absolute atomic E-state index is 0.0179. The summed E-state index contributed by atoms with van der Waals surface area (Å²) in [5.41, 5.74) is 0. The molecule has 0 radical (unpaired) electrons. The number of Topliss-reactive ketones (excluding diaryl/α,β-unsaturated/α-hetero) is 1. The van der Waals surface area contributed by atoms with Gasteiger partial charge in [0.1, 0.15) is 5.78 Å². The molecule has 1 fully saturated rings. The maximum absolute atomic E-state index is 11.6. The van der Waals surface area contributed by atoms with Crippen LogP contribution in [-0.2, 0) is 4.79 Å². The van der Waals surface area contributed by atoms with Crippen LogP contribution in [0, 0.1) is 0 Å². The molecule has 0 aromatic heterocycles. The summed E-state index contributed by atoms with van der Waals surface area (Å²) in [7, 11) is 5.29. The summed E-state index contributed by atoms with van der Waals surface area (Å²) in [6.07, 6.45) is 2.87. The van der Waals surface area contributed by atoms with Crippen LogP contribution in [0.15, 0.2) is 0 Å². The van der Waals surface area contributed by atoms with Crippen LogP contribution in [0.2, 0.25) is 0 Å². The van der Waals surface area contributed by atoms with Crippen LogP contribution < -0.4 is 0 Å². The zero-order valence-electron chi connectivity index (χ0n) is 9.12. The topological polar surface area (TPSA) is 40.6 Å². The highest BCUT2D eigenvalue weighted by atomic mass is 16.2. The van der Waals surface area contributed by atoms with Crippen molar-refractivity contribution in [2.24, 2.45) is 0 Å². The lowest BCUT2D eigenvalue weighted by Gasteiger charge is -2.32. The van der Waals surface area contributed by atoms with Crippen molar-refractivity contribution in [3.63, 3.8) is 0 Å². The first kappa shape index (κ1) is 11.0. The third kappa shape index (κ3) is 2.47. The molecule has 14 heavy (non-hydrogen) atoms. The molecule has 2 amide bonds. The van der Waals surface area contributed by atoms with Crippen molar-refractivity contribution in [1.82, 2.24) is 9.80 Å². The molecule has 1 aliphatic rings. The first-order chi connectivity index (χ1) is 6.52. The van der Waals surface area contributed by atoms with Gasteiger partial charge >= 0.3 is 6.03 Å². The highest BCUT2D eigenvalue weighted by molar-refractivity contribution is 5.80. The molecule has 0 heterocycles. The fourth-order valence-electron chi connectivity index (χ4n) is 1.78. The highest BCUT2D eigenvalue weighted by Crippen LogP contribution is 2.19.